The number of ether oxygens (including phenoxy) is 1. The predicted molar refractivity (Wildman–Crippen MR) is 57.7 cm³/mol. The molecule has 2 nitrogen and oxygen atoms in total. The van der Waals surface area contributed by atoms with E-state index in [1.165, 1.54) is 0 Å². The van der Waals surface area contributed by atoms with Crippen LogP contribution in [0.2, 0.25) is 0 Å². The van der Waals surface area contributed by atoms with Gasteiger partial charge in [0, 0.05) is 24.8 Å². The summed E-state index contributed by atoms with van der Waals surface area (Å²) >= 11 is 6.07. The van der Waals surface area contributed by atoms with Crippen molar-refractivity contribution in [1.82, 2.24) is 0 Å². The van der Waals surface area contributed by atoms with E-state index in [1.807, 2.05) is 6.92 Å². The molecule has 3 atom stereocenters. The SMILES string of the molecule is CCCC(=O)C1CC(Cl)CCC1OC. The molecule has 1 saturated carbocycles. The van der Waals surface area contributed by atoms with Crippen LogP contribution in [0.5, 0.6) is 0 Å². The van der Waals surface area contributed by atoms with Gasteiger partial charge in [-0.25, -0.2) is 0 Å². The molecule has 0 aromatic rings. The Morgan fingerprint density at radius 3 is 2.79 bits per heavy atom. The van der Waals surface area contributed by atoms with Crippen molar-refractivity contribution >= 4 is 17.4 Å². The molecule has 3 unspecified atom stereocenters. The number of carbonyl (C=O) groups excluding carboxylic acids is 1. The van der Waals surface area contributed by atoms with Crippen molar-refractivity contribution in [3.63, 3.8) is 0 Å². The van der Waals surface area contributed by atoms with Gasteiger partial charge in [-0.05, 0) is 25.7 Å². The summed E-state index contributed by atoms with van der Waals surface area (Å²) in [6.45, 7) is 2.03. The fraction of sp³-hybridized carbons (Fsp3) is 0.909. The van der Waals surface area contributed by atoms with E-state index in [4.69, 9.17) is 16.3 Å². The summed E-state index contributed by atoms with van der Waals surface area (Å²) in [6.07, 6.45) is 4.36. The minimum Gasteiger partial charge on any atom is -0.381 e. The molecule has 0 spiro atoms. The maximum atomic E-state index is 11.8. The van der Waals surface area contributed by atoms with Gasteiger partial charge in [-0.15, -0.1) is 11.6 Å². The van der Waals surface area contributed by atoms with Gasteiger partial charge in [0.25, 0.3) is 0 Å². The van der Waals surface area contributed by atoms with Crippen LogP contribution in [0.3, 0.4) is 0 Å². The van der Waals surface area contributed by atoms with Crippen LogP contribution < -0.4 is 0 Å². The third kappa shape index (κ3) is 2.96. The van der Waals surface area contributed by atoms with Gasteiger partial charge in [0.1, 0.15) is 5.78 Å². The molecule has 0 amide bonds. The molecule has 14 heavy (non-hydrogen) atoms. The molecular weight excluding hydrogens is 200 g/mol. The maximum absolute atomic E-state index is 11.8. The third-order valence-electron chi connectivity index (χ3n) is 2.94. The number of carbonyl (C=O) groups is 1. The highest BCUT2D eigenvalue weighted by Gasteiger charge is 2.33. The third-order valence-corrected chi connectivity index (χ3v) is 3.33. The van der Waals surface area contributed by atoms with Crippen LogP contribution in [0.1, 0.15) is 39.0 Å². The van der Waals surface area contributed by atoms with E-state index < -0.39 is 0 Å². The predicted octanol–water partition coefficient (Wildman–Crippen LogP) is 2.78. The van der Waals surface area contributed by atoms with Crippen LogP contribution in [0, 0.1) is 5.92 Å². The van der Waals surface area contributed by atoms with E-state index in [0.29, 0.717) is 12.2 Å². The van der Waals surface area contributed by atoms with Crippen LogP contribution >= 0.6 is 11.6 Å². The summed E-state index contributed by atoms with van der Waals surface area (Å²) < 4.78 is 5.34. The number of ketones is 1. The number of rotatable bonds is 4. The summed E-state index contributed by atoms with van der Waals surface area (Å²) in [5.74, 6) is 0.362. The molecule has 82 valence electrons. The van der Waals surface area contributed by atoms with Crippen molar-refractivity contribution in [1.29, 1.82) is 0 Å². The minimum absolute atomic E-state index is 0.0381. The van der Waals surface area contributed by atoms with Gasteiger partial charge in [-0.1, -0.05) is 6.92 Å². The van der Waals surface area contributed by atoms with Crippen LogP contribution in [0.15, 0.2) is 0 Å². The second-order valence-electron chi connectivity index (χ2n) is 4.01. The fourth-order valence-corrected chi connectivity index (χ4v) is 2.46. The van der Waals surface area contributed by atoms with Crippen LogP contribution in [-0.4, -0.2) is 24.4 Å². The Bertz CT molecular complexity index is 194. The Hall–Kier alpha value is -0.0800. The first-order valence-corrected chi connectivity index (χ1v) is 5.82. The standard InChI is InChI=1S/C11H19ClO2/c1-3-4-10(13)9-7-8(12)5-6-11(9)14-2/h8-9,11H,3-7H2,1-2H3. The average Bonchev–Trinajstić information content (AvgIpc) is 2.18. The molecule has 0 radical (unpaired) electrons. The largest absolute Gasteiger partial charge is 0.381 e. The molecule has 0 aliphatic heterocycles. The van der Waals surface area contributed by atoms with Gasteiger partial charge in [-0.2, -0.15) is 0 Å². The van der Waals surface area contributed by atoms with E-state index in [1.54, 1.807) is 7.11 Å². The van der Waals surface area contributed by atoms with Crippen LogP contribution in [-0.2, 0) is 9.53 Å². The molecule has 0 N–H and O–H groups in total. The Kier molecular flexibility index (Phi) is 4.90. The molecule has 0 saturated heterocycles. The zero-order chi connectivity index (χ0) is 10.6. The number of alkyl halides is 1. The minimum atomic E-state index is 0.0381. The second-order valence-corrected chi connectivity index (χ2v) is 4.62. The Balaban J connectivity index is 2.56. The van der Waals surface area contributed by atoms with E-state index in [2.05, 4.69) is 0 Å². The molecule has 0 bridgehead atoms. The van der Waals surface area contributed by atoms with Gasteiger partial charge in [0.05, 0.1) is 6.10 Å². The van der Waals surface area contributed by atoms with Gasteiger partial charge in [0.15, 0.2) is 0 Å². The second kappa shape index (κ2) is 5.72. The highest BCUT2D eigenvalue weighted by Crippen LogP contribution is 2.31. The quantitative estimate of drug-likeness (QED) is 0.679. The van der Waals surface area contributed by atoms with E-state index in [-0.39, 0.29) is 17.4 Å². The Morgan fingerprint density at radius 2 is 2.21 bits per heavy atom. The summed E-state index contributed by atoms with van der Waals surface area (Å²) in [5, 5.41) is 0.159. The highest BCUT2D eigenvalue weighted by atomic mass is 35.5. The molecule has 1 rings (SSSR count). The molecule has 1 aliphatic carbocycles. The lowest BCUT2D eigenvalue weighted by molar-refractivity contribution is -0.129. The topological polar surface area (TPSA) is 26.3 Å². The first kappa shape index (κ1) is 12.0. The average molecular weight is 219 g/mol. The van der Waals surface area contributed by atoms with Crippen molar-refractivity contribution in [2.24, 2.45) is 5.92 Å². The van der Waals surface area contributed by atoms with Crippen molar-refractivity contribution in [2.75, 3.05) is 7.11 Å². The van der Waals surface area contributed by atoms with E-state index in [9.17, 15) is 4.79 Å². The molecule has 3 heteroatoms. The van der Waals surface area contributed by atoms with Gasteiger partial charge < -0.3 is 4.74 Å². The van der Waals surface area contributed by atoms with Crippen molar-refractivity contribution in [2.45, 2.75) is 50.5 Å². The molecule has 0 aromatic heterocycles. The zero-order valence-electron chi connectivity index (χ0n) is 8.96. The Labute approximate surface area is 91.0 Å². The fourth-order valence-electron chi connectivity index (χ4n) is 2.14. The lowest BCUT2D eigenvalue weighted by Crippen LogP contribution is -2.36. The number of hydrogen-bond donors (Lipinski definition) is 0. The van der Waals surface area contributed by atoms with Gasteiger partial charge >= 0.3 is 0 Å². The summed E-state index contributed by atoms with van der Waals surface area (Å²) in [4.78, 5) is 11.8. The number of methoxy groups -OCH3 is 1. The Morgan fingerprint density at radius 1 is 1.50 bits per heavy atom. The van der Waals surface area contributed by atoms with Gasteiger partial charge in [-0.3, -0.25) is 4.79 Å². The van der Waals surface area contributed by atoms with Crippen LogP contribution in [0.4, 0.5) is 0 Å². The first-order valence-electron chi connectivity index (χ1n) is 5.38. The van der Waals surface area contributed by atoms with Crippen molar-refractivity contribution in [3.8, 4) is 0 Å². The summed E-state index contributed by atoms with van der Waals surface area (Å²) in [6, 6.07) is 0. The normalized spacial score (nSPS) is 32.9. The summed E-state index contributed by atoms with van der Waals surface area (Å²) in [7, 11) is 1.69. The first-order chi connectivity index (χ1) is 6.69. The summed E-state index contributed by atoms with van der Waals surface area (Å²) in [5.41, 5.74) is 0. The lowest BCUT2D eigenvalue weighted by atomic mass is 9.82. The van der Waals surface area contributed by atoms with E-state index >= 15 is 0 Å². The van der Waals surface area contributed by atoms with Crippen molar-refractivity contribution in [3.05, 3.63) is 0 Å². The molecule has 1 aliphatic rings. The smallest absolute Gasteiger partial charge is 0.138 e. The van der Waals surface area contributed by atoms with Crippen molar-refractivity contribution < 1.29 is 9.53 Å². The highest BCUT2D eigenvalue weighted by molar-refractivity contribution is 6.20. The lowest BCUT2D eigenvalue weighted by Gasteiger charge is -2.31. The molecular formula is C11H19ClO2. The zero-order valence-corrected chi connectivity index (χ0v) is 9.72. The maximum Gasteiger partial charge on any atom is 0.138 e. The molecule has 1 fully saturated rings. The van der Waals surface area contributed by atoms with Crippen LogP contribution in [0.25, 0.3) is 0 Å². The number of Topliss-reactive ketones (excluding diaryl/α,β-unsaturated/α-hetero) is 1. The molecule has 0 heterocycles. The van der Waals surface area contributed by atoms with Gasteiger partial charge in [0.2, 0.25) is 0 Å². The number of hydrogen-bond acceptors (Lipinski definition) is 2. The molecule has 0 aromatic carbocycles. The number of halogens is 1. The monoisotopic (exact) mass is 218 g/mol. The van der Waals surface area contributed by atoms with E-state index in [0.717, 1.165) is 25.7 Å².